The lowest BCUT2D eigenvalue weighted by Gasteiger charge is -1.99. The molecule has 1 aromatic heterocycles. The first-order valence-electron chi connectivity index (χ1n) is 5.85. The lowest BCUT2D eigenvalue weighted by Crippen LogP contribution is -1.75. The lowest BCUT2D eigenvalue weighted by atomic mass is 10.4. The van der Waals surface area contributed by atoms with Crippen LogP contribution in [0.4, 0.5) is 0 Å². The third-order valence-corrected chi connectivity index (χ3v) is 5.01. The second-order valence-electron chi connectivity index (χ2n) is 3.79. The Labute approximate surface area is 130 Å². The van der Waals surface area contributed by atoms with Gasteiger partial charge in [-0.1, -0.05) is 33.8 Å². The minimum atomic E-state index is 0.129. The highest BCUT2D eigenvalue weighted by Gasteiger charge is 2.00. The van der Waals surface area contributed by atoms with Crippen molar-refractivity contribution in [1.82, 2.24) is 0 Å². The number of hydrogen-bond acceptors (Lipinski definition) is 3. The van der Waals surface area contributed by atoms with Crippen molar-refractivity contribution < 1.29 is 5.11 Å². The second-order valence-corrected chi connectivity index (χ2v) is 6.92. The van der Waals surface area contributed by atoms with E-state index >= 15 is 0 Å². The Morgan fingerprint density at radius 3 is 2.95 bits per heavy atom. The Hall–Kier alpha value is -0.730. The molecule has 1 N–H and O–H groups in total. The maximum Gasteiger partial charge on any atom is 0.0771 e. The van der Waals surface area contributed by atoms with Crippen LogP contribution < -0.4 is 0 Å². The van der Waals surface area contributed by atoms with E-state index in [1.165, 1.54) is 9.77 Å². The van der Waals surface area contributed by atoms with Crippen LogP contribution in [-0.2, 0) is 5.75 Å². The molecule has 0 spiro atoms. The molecule has 2 rings (SSSR count). The maximum atomic E-state index is 8.68. The summed E-state index contributed by atoms with van der Waals surface area (Å²) in [5.41, 5.74) is 0. The van der Waals surface area contributed by atoms with Crippen molar-refractivity contribution in [2.75, 3.05) is 6.61 Å². The minimum Gasteiger partial charge on any atom is -0.395 e. The summed E-state index contributed by atoms with van der Waals surface area (Å²) in [6.07, 6.45) is 0.542. The largest absolute Gasteiger partial charge is 0.395 e. The molecule has 0 bridgehead atoms. The van der Waals surface area contributed by atoms with E-state index in [0.717, 1.165) is 15.1 Å². The number of benzene rings is 1. The van der Waals surface area contributed by atoms with Crippen LogP contribution in [-0.4, -0.2) is 11.7 Å². The Morgan fingerprint density at radius 1 is 1.26 bits per heavy atom. The number of halogens is 1. The summed E-state index contributed by atoms with van der Waals surface area (Å²) >= 11 is 7.02. The summed E-state index contributed by atoms with van der Waals surface area (Å²) in [6, 6.07) is 12.5. The minimum absolute atomic E-state index is 0.129. The molecule has 0 saturated heterocycles. The summed E-state index contributed by atoms with van der Waals surface area (Å²) in [5, 5.41) is 8.68. The van der Waals surface area contributed by atoms with Crippen LogP contribution in [0.1, 0.15) is 16.2 Å². The van der Waals surface area contributed by atoms with E-state index in [9.17, 15) is 0 Å². The van der Waals surface area contributed by atoms with Crippen molar-refractivity contribution in [1.29, 1.82) is 0 Å². The van der Waals surface area contributed by atoms with Gasteiger partial charge in [0, 0.05) is 26.4 Å². The highest BCUT2D eigenvalue weighted by Crippen LogP contribution is 2.28. The predicted octanol–water partition coefficient (Wildman–Crippen LogP) is 4.54. The van der Waals surface area contributed by atoms with Crippen LogP contribution in [0.2, 0.25) is 0 Å². The molecule has 0 saturated carbocycles. The van der Waals surface area contributed by atoms with Gasteiger partial charge in [0.25, 0.3) is 0 Å². The maximum absolute atomic E-state index is 8.68. The summed E-state index contributed by atoms with van der Waals surface area (Å²) in [7, 11) is 0. The first-order chi connectivity index (χ1) is 9.28. The van der Waals surface area contributed by atoms with E-state index in [4.69, 9.17) is 5.11 Å². The average molecular weight is 353 g/mol. The number of thioether (sulfide) groups is 1. The van der Waals surface area contributed by atoms with Crippen molar-refractivity contribution in [2.24, 2.45) is 0 Å². The molecule has 0 radical (unpaired) electrons. The molecule has 0 aliphatic heterocycles. The van der Waals surface area contributed by atoms with Gasteiger partial charge in [-0.05, 0) is 30.3 Å². The topological polar surface area (TPSA) is 20.2 Å². The molecule has 98 valence electrons. The normalized spacial score (nSPS) is 10.0. The molecule has 19 heavy (non-hydrogen) atoms. The Morgan fingerprint density at radius 2 is 2.16 bits per heavy atom. The van der Waals surface area contributed by atoms with E-state index in [2.05, 4.69) is 46.0 Å². The van der Waals surface area contributed by atoms with Gasteiger partial charge in [-0.25, -0.2) is 0 Å². The molecule has 1 nitrogen and oxygen atoms in total. The van der Waals surface area contributed by atoms with Crippen molar-refractivity contribution >= 4 is 39.0 Å². The van der Waals surface area contributed by atoms with Crippen LogP contribution in [0, 0.1) is 11.8 Å². The third-order valence-electron chi connectivity index (χ3n) is 2.29. The molecule has 2 aromatic rings. The monoisotopic (exact) mass is 352 g/mol. The van der Waals surface area contributed by atoms with Crippen molar-refractivity contribution in [3.05, 3.63) is 50.6 Å². The van der Waals surface area contributed by atoms with Crippen LogP contribution in [0.5, 0.6) is 0 Å². The molecule has 0 unspecified atom stereocenters. The van der Waals surface area contributed by atoms with Gasteiger partial charge in [0.1, 0.15) is 0 Å². The molecule has 0 fully saturated rings. The molecular formula is C15H13BrOS2. The van der Waals surface area contributed by atoms with Crippen LogP contribution in [0.15, 0.2) is 45.8 Å². The fraction of sp³-hybridized carbons (Fsp3) is 0.200. The molecule has 0 aliphatic rings. The zero-order chi connectivity index (χ0) is 13.5. The van der Waals surface area contributed by atoms with Gasteiger partial charge in [-0.3, -0.25) is 0 Å². The molecular weight excluding hydrogens is 340 g/mol. The van der Waals surface area contributed by atoms with Gasteiger partial charge in [-0.15, -0.1) is 23.1 Å². The van der Waals surface area contributed by atoms with Gasteiger partial charge in [-0.2, -0.15) is 0 Å². The number of thiophene rings is 1. The van der Waals surface area contributed by atoms with Gasteiger partial charge < -0.3 is 5.11 Å². The summed E-state index contributed by atoms with van der Waals surface area (Å²) < 4.78 is 1.11. The SMILES string of the molecule is OCCC#Cc1ccc(CSc2cccc(Br)c2)s1. The van der Waals surface area contributed by atoms with Gasteiger partial charge in [0.05, 0.1) is 11.5 Å². The first kappa shape index (κ1) is 14.7. The third kappa shape index (κ3) is 5.04. The summed E-state index contributed by atoms with van der Waals surface area (Å²) in [6.45, 7) is 0.129. The van der Waals surface area contributed by atoms with E-state index in [1.807, 2.05) is 30.0 Å². The van der Waals surface area contributed by atoms with Crippen molar-refractivity contribution in [3.63, 3.8) is 0 Å². The molecule has 1 aromatic carbocycles. The predicted molar refractivity (Wildman–Crippen MR) is 86.6 cm³/mol. The van der Waals surface area contributed by atoms with E-state index in [-0.39, 0.29) is 6.61 Å². The van der Waals surface area contributed by atoms with Gasteiger partial charge in [0.15, 0.2) is 0 Å². The van der Waals surface area contributed by atoms with E-state index in [1.54, 1.807) is 11.3 Å². The first-order valence-corrected chi connectivity index (χ1v) is 8.44. The second kappa shape index (κ2) is 7.76. The van der Waals surface area contributed by atoms with Gasteiger partial charge >= 0.3 is 0 Å². The molecule has 1 heterocycles. The zero-order valence-corrected chi connectivity index (χ0v) is 13.4. The number of aliphatic hydroxyl groups excluding tert-OH is 1. The van der Waals surface area contributed by atoms with Crippen LogP contribution >= 0.6 is 39.0 Å². The molecule has 4 heteroatoms. The fourth-order valence-electron chi connectivity index (χ4n) is 1.44. The lowest BCUT2D eigenvalue weighted by molar-refractivity contribution is 0.305. The average Bonchev–Trinajstić information content (AvgIpc) is 2.85. The summed E-state index contributed by atoms with van der Waals surface area (Å²) in [5.74, 6) is 6.97. The molecule has 0 aliphatic carbocycles. The Kier molecular flexibility index (Phi) is 5.99. The van der Waals surface area contributed by atoms with Crippen LogP contribution in [0.25, 0.3) is 0 Å². The highest BCUT2D eigenvalue weighted by atomic mass is 79.9. The zero-order valence-electron chi connectivity index (χ0n) is 10.2. The quantitative estimate of drug-likeness (QED) is 0.643. The molecule has 0 amide bonds. The Balaban J connectivity index is 1.92. The standard InChI is InChI=1S/C15H13BrOS2/c16-12-4-3-6-14(10-12)18-11-15-8-7-13(19-15)5-1-2-9-17/h3-4,6-8,10,17H,2,9,11H2. The van der Waals surface area contributed by atoms with E-state index in [0.29, 0.717) is 6.42 Å². The Bertz CT molecular complexity index is 595. The van der Waals surface area contributed by atoms with Crippen molar-refractivity contribution in [3.8, 4) is 11.8 Å². The number of rotatable bonds is 4. The fourth-order valence-corrected chi connectivity index (χ4v) is 3.87. The molecule has 0 atom stereocenters. The van der Waals surface area contributed by atoms with Gasteiger partial charge in [0.2, 0.25) is 0 Å². The highest BCUT2D eigenvalue weighted by molar-refractivity contribution is 9.10. The van der Waals surface area contributed by atoms with Crippen LogP contribution in [0.3, 0.4) is 0 Å². The number of aliphatic hydroxyl groups is 1. The number of hydrogen-bond donors (Lipinski definition) is 1. The summed E-state index contributed by atoms with van der Waals surface area (Å²) in [4.78, 5) is 3.65. The van der Waals surface area contributed by atoms with E-state index < -0.39 is 0 Å². The smallest absolute Gasteiger partial charge is 0.0771 e. The van der Waals surface area contributed by atoms with Crippen molar-refractivity contribution in [2.45, 2.75) is 17.1 Å².